The van der Waals surface area contributed by atoms with Crippen molar-refractivity contribution in [3.05, 3.63) is 0 Å². The molecule has 1 aliphatic heterocycles. The van der Waals surface area contributed by atoms with Crippen LogP contribution in [0.3, 0.4) is 0 Å². The van der Waals surface area contributed by atoms with Crippen molar-refractivity contribution in [2.75, 3.05) is 26.2 Å². The van der Waals surface area contributed by atoms with E-state index in [0.29, 0.717) is 12.5 Å². The molecule has 0 bridgehead atoms. The van der Waals surface area contributed by atoms with E-state index in [1.54, 1.807) is 4.31 Å². The van der Waals surface area contributed by atoms with E-state index in [1.165, 1.54) is 0 Å². The Balaban J connectivity index is 1.96. The number of sulfonamides is 1. The average Bonchev–Trinajstić information content (AvgIpc) is 3.14. The standard InChI is InChI=1S/C12H24N2O2S/c1-2-9-14(17(15,16)12-3-4-12)10-11-5-7-13-8-6-11/h11-13H,2-10H2,1H3. The maximum Gasteiger partial charge on any atom is 0.216 e. The zero-order chi connectivity index (χ0) is 12.3. The number of piperidine rings is 1. The van der Waals surface area contributed by atoms with E-state index in [4.69, 9.17) is 0 Å². The molecule has 0 atom stereocenters. The molecule has 2 fully saturated rings. The molecule has 0 spiro atoms. The zero-order valence-electron chi connectivity index (χ0n) is 10.7. The number of hydrogen-bond donors (Lipinski definition) is 1. The summed E-state index contributed by atoms with van der Waals surface area (Å²) in [6.07, 6.45) is 4.88. The minimum absolute atomic E-state index is 0.0595. The Morgan fingerprint density at radius 1 is 1.18 bits per heavy atom. The first-order chi connectivity index (χ1) is 8.14. The molecule has 0 aromatic rings. The molecule has 2 rings (SSSR count). The summed E-state index contributed by atoms with van der Waals surface area (Å²) >= 11 is 0. The van der Waals surface area contributed by atoms with Gasteiger partial charge in [-0.05, 0) is 51.1 Å². The van der Waals surface area contributed by atoms with Crippen molar-refractivity contribution in [3.8, 4) is 0 Å². The first-order valence-electron chi connectivity index (χ1n) is 6.84. The van der Waals surface area contributed by atoms with Crippen LogP contribution >= 0.6 is 0 Å². The van der Waals surface area contributed by atoms with Crippen molar-refractivity contribution in [1.82, 2.24) is 9.62 Å². The lowest BCUT2D eigenvalue weighted by Crippen LogP contribution is -2.41. The average molecular weight is 260 g/mol. The van der Waals surface area contributed by atoms with Gasteiger partial charge in [0.25, 0.3) is 0 Å². The van der Waals surface area contributed by atoms with Crippen molar-refractivity contribution < 1.29 is 8.42 Å². The summed E-state index contributed by atoms with van der Waals surface area (Å²) in [5.41, 5.74) is 0. The summed E-state index contributed by atoms with van der Waals surface area (Å²) in [6, 6.07) is 0. The lowest BCUT2D eigenvalue weighted by molar-refractivity contribution is 0.288. The van der Waals surface area contributed by atoms with Crippen molar-refractivity contribution in [1.29, 1.82) is 0 Å². The van der Waals surface area contributed by atoms with E-state index in [2.05, 4.69) is 12.2 Å². The summed E-state index contributed by atoms with van der Waals surface area (Å²) < 4.78 is 26.3. The van der Waals surface area contributed by atoms with Crippen LogP contribution < -0.4 is 5.32 Å². The molecule has 0 aromatic heterocycles. The third-order valence-corrected chi connectivity index (χ3v) is 6.06. The molecule has 1 aliphatic carbocycles. The molecule has 4 nitrogen and oxygen atoms in total. The van der Waals surface area contributed by atoms with Gasteiger partial charge < -0.3 is 5.32 Å². The quantitative estimate of drug-likeness (QED) is 0.780. The normalized spacial score (nSPS) is 23.2. The first-order valence-corrected chi connectivity index (χ1v) is 8.34. The first kappa shape index (κ1) is 13.3. The second kappa shape index (κ2) is 5.67. The van der Waals surface area contributed by atoms with Gasteiger partial charge in [-0.2, -0.15) is 0 Å². The molecule has 17 heavy (non-hydrogen) atoms. The van der Waals surface area contributed by atoms with Gasteiger partial charge in [-0.15, -0.1) is 0 Å². The van der Waals surface area contributed by atoms with Gasteiger partial charge in [-0.1, -0.05) is 6.92 Å². The molecule has 1 saturated heterocycles. The van der Waals surface area contributed by atoms with E-state index in [0.717, 1.165) is 51.7 Å². The van der Waals surface area contributed by atoms with Crippen LogP contribution in [0.2, 0.25) is 0 Å². The zero-order valence-corrected chi connectivity index (χ0v) is 11.5. The third kappa shape index (κ3) is 3.42. The van der Waals surface area contributed by atoms with Gasteiger partial charge in [0.1, 0.15) is 0 Å². The molecule has 0 amide bonds. The number of nitrogens with zero attached hydrogens (tertiary/aromatic N) is 1. The van der Waals surface area contributed by atoms with Gasteiger partial charge in [-0.3, -0.25) is 0 Å². The molecule has 1 N–H and O–H groups in total. The van der Waals surface area contributed by atoms with E-state index >= 15 is 0 Å². The molecule has 1 heterocycles. The highest BCUT2D eigenvalue weighted by atomic mass is 32.2. The Kier molecular flexibility index (Phi) is 4.44. The Morgan fingerprint density at radius 3 is 2.35 bits per heavy atom. The molecule has 100 valence electrons. The number of hydrogen-bond acceptors (Lipinski definition) is 3. The minimum atomic E-state index is -2.98. The van der Waals surface area contributed by atoms with Gasteiger partial charge >= 0.3 is 0 Å². The Hall–Kier alpha value is -0.130. The van der Waals surface area contributed by atoms with Crippen molar-refractivity contribution in [2.45, 2.75) is 44.3 Å². The highest BCUT2D eigenvalue weighted by Gasteiger charge is 2.40. The van der Waals surface area contributed by atoms with Gasteiger partial charge in [0, 0.05) is 13.1 Å². The number of nitrogens with one attached hydrogen (secondary N) is 1. The second-order valence-electron chi connectivity index (χ2n) is 5.30. The fourth-order valence-corrected chi connectivity index (χ4v) is 4.51. The van der Waals surface area contributed by atoms with Crippen LogP contribution in [0, 0.1) is 5.92 Å². The van der Waals surface area contributed by atoms with Gasteiger partial charge in [-0.25, -0.2) is 12.7 Å². The fraction of sp³-hybridized carbons (Fsp3) is 1.00. The van der Waals surface area contributed by atoms with Crippen LogP contribution in [0.15, 0.2) is 0 Å². The maximum absolute atomic E-state index is 12.3. The maximum atomic E-state index is 12.3. The van der Waals surface area contributed by atoms with Crippen LogP contribution in [0.4, 0.5) is 0 Å². The summed E-state index contributed by atoms with van der Waals surface area (Å²) in [5.74, 6) is 0.552. The van der Waals surface area contributed by atoms with E-state index < -0.39 is 10.0 Å². The van der Waals surface area contributed by atoms with Gasteiger partial charge in [0.05, 0.1) is 5.25 Å². The predicted molar refractivity (Wildman–Crippen MR) is 69.4 cm³/mol. The van der Waals surface area contributed by atoms with E-state index in [-0.39, 0.29) is 5.25 Å². The highest BCUT2D eigenvalue weighted by molar-refractivity contribution is 7.90. The molecule has 0 aromatic carbocycles. The van der Waals surface area contributed by atoms with Crippen LogP contribution in [-0.2, 0) is 10.0 Å². The Bertz CT molecular complexity index is 332. The van der Waals surface area contributed by atoms with Crippen LogP contribution in [0.25, 0.3) is 0 Å². The SMILES string of the molecule is CCCN(CC1CCNCC1)S(=O)(=O)C1CC1. The molecule has 0 unspecified atom stereocenters. The van der Waals surface area contributed by atoms with E-state index in [1.807, 2.05) is 0 Å². The summed E-state index contributed by atoms with van der Waals surface area (Å²) in [7, 11) is -2.98. The molecule has 2 aliphatic rings. The predicted octanol–water partition coefficient (Wildman–Crippen LogP) is 1.19. The molecule has 0 radical (unpaired) electrons. The molecular formula is C12H24N2O2S. The van der Waals surface area contributed by atoms with Crippen molar-refractivity contribution in [3.63, 3.8) is 0 Å². The molecule has 5 heteroatoms. The highest BCUT2D eigenvalue weighted by Crippen LogP contribution is 2.32. The van der Waals surface area contributed by atoms with Crippen LogP contribution in [0.1, 0.15) is 39.0 Å². The summed E-state index contributed by atoms with van der Waals surface area (Å²) in [6.45, 7) is 5.57. The molecule has 1 saturated carbocycles. The Morgan fingerprint density at radius 2 is 1.82 bits per heavy atom. The molecular weight excluding hydrogens is 236 g/mol. The summed E-state index contributed by atoms with van der Waals surface area (Å²) in [5, 5.41) is 3.27. The van der Waals surface area contributed by atoms with Crippen LogP contribution in [0.5, 0.6) is 0 Å². The Labute approximate surface area is 105 Å². The minimum Gasteiger partial charge on any atom is -0.317 e. The lowest BCUT2D eigenvalue weighted by atomic mass is 9.98. The third-order valence-electron chi connectivity index (χ3n) is 3.70. The summed E-state index contributed by atoms with van der Waals surface area (Å²) in [4.78, 5) is 0. The van der Waals surface area contributed by atoms with Gasteiger partial charge in [0.2, 0.25) is 10.0 Å². The topological polar surface area (TPSA) is 49.4 Å². The fourth-order valence-electron chi connectivity index (χ4n) is 2.50. The van der Waals surface area contributed by atoms with Gasteiger partial charge in [0.15, 0.2) is 0 Å². The largest absolute Gasteiger partial charge is 0.317 e. The van der Waals surface area contributed by atoms with Crippen molar-refractivity contribution >= 4 is 10.0 Å². The van der Waals surface area contributed by atoms with Crippen LogP contribution in [-0.4, -0.2) is 44.2 Å². The monoisotopic (exact) mass is 260 g/mol. The number of rotatable bonds is 6. The lowest BCUT2D eigenvalue weighted by Gasteiger charge is -2.29. The van der Waals surface area contributed by atoms with Crippen molar-refractivity contribution in [2.24, 2.45) is 5.92 Å². The second-order valence-corrected chi connectivity index (χ2v) is 7.51. The van der Waals surface area contributed by atoms with E-state index in [9.17, 15) is 8.42 Å². The smallest absolute Gasteiger partial charge is 0.216 e.